The van der Waals surface area contributed by atoms with Crippen molar-refractivity contribution in [3.63, 3.8) is 0 Å². The summed E-state index contributed by atoms with van der Waals surface area (Å²) in [4.78, 5) is 0. The van der Waals surface area contributed by atoms with E-state index in [1.165, 1.54) is 18.2 Å². The van der Waals surface area contributed by atoms with Gasteiger partial charge in [-0.3, -0.25) is 0 Å². The van der Waals surface area contributed by atoms with Crippen LogP contribution in [0.3, 0.4) is 0 Å². The normalized spacial score (nSPS) is 16.8. The van der Waals surface area contributed by atoms with Crippen molar-refractivity contribution in [2.45, 2.75) is 25.4 Å². The molecule has 2 aliphatic heterocycles. The maximum absolute atomic E-state index is 13.4. The number of rotatable bonds is 5. The van der Waals surface area contributed by atoms with Gasteiger partial charge in [-0.25, -0.2) is 17.6 Å². The van der Waals surface area contributed by atoms with E-state index in [0.717, 1.165) is 12.1 Å². The Kier molecular flexibility index (Phi) is 8.68. The second kappa shape index (κ2) is 11.5. The van der Waals surface area contributed by atoms with E-state index in [4.69, 9.17) is 18.9 Å². The summed E-state index contributed by atoms with van der Waals surface area (Å²) in [6, 6.07) is 8.24. The molecule has 10 heteroatoms. The molecular formula is C22H20F6O4. The number of hydrogen-bond donors (Lipinski definition) is 0. The van der Waals surface area contributed by atoms with E-state index in [1.54, 1.807) is 6.07 Å². The van der Waals surface area contributed by atoms with Gasteiger partial charge in [-0.15, -0.1) is 0 Å². The molecule has 4 rings (SSSR count). The van der Waals surface area contributed by atoms with Gasteiger partial charge in [-0.05, 0) is 12.1 Å². The first-order valence-corrected chi connectivity index (χ1v) is 9.69. The summed E-state index contributed by atoms with van der Waals surface area (Å²) in [6.07, 6.45) is -6.16. The quantitative estimate of drug-likeness (QED) is 0.528. The average molecular weight is 462 g/mol. The summed E-state index contributed by atoms with van der Waals surface area (Å²) in [7, 11) is 0. The van der Waals surface area contributed by atoms with Crippen LogP contribution in [0.2, 0.25) is 0 Å². The lowest BCUT2D eigenvalue weighted by atomic mass is 10.0. The molecule has 2 aromatic carbocycles. The molecule has 2 heterocycles. The first kappa shape index (κ1) is 24.2. The molecule has 0 unspecified atom stereocenters. The summed E-state index contributed by atoms with van der Waals surface area (Å²) < 4.78 is 96.5. The van der Waals surface area contributed by atoms with E-state index in [0.29, 0.717) is 38.1 Å². The van der Waals surface area contributed by atoms with E-state index in [9.17, 15) is 26.3 Å². The Morgan fingerprint density at radius 1 is 0.812 bits per heavy atom. The first-order chi connectivity index (χ1) is 15.4. The molecule has 0 aliphatic carbocycles. The fraction of sp³-hybridized carbons (Fsp3) is 0.364. The first-order valence-electron chi connectivity index (χ1n) is 9.69. The van der Waals surface area contributed by atoms with Crippen molar-refractivity contribution in [2.24, 2.45) is 0 Å². The lowest BCUT2D eigenvalue weighted by Gasteiger charge is -2.15. The molecule has 0 spiro atoms. The maximum atomic E-state index is 13.4. The highest BCUT2D eigenvalue weighted by Crippen LogP contribution is 2.30. The molecule has 0 bridgehead atoms. The van der Waals surface area contributed by atoms with Crippen molar-refractivity contribution in [3.8, 4) is 0 Å². The second-order valence-electron chi connectivity index (χ2n) is 6.73. The summed E-state index contributed by atoms with van der Waals surface area (Å²) in [5, 5.41) is 0. The van der Waals surface area contributed by atoms with Crippen LogP contribution >= 0.6 is 0 Å². The van der Waals surface area contributed by atoms with E-state index >= 15 is 0 Å². The molecule has 0 atom stereocenters. The Morgan fingerprint density at radius 2 is 1.31 bits per heavy atom. The predicted octanol–water partition coefficient (Wildman–Crippen LogP) is 5.79. The molecule has 32 heavy (non-hydrogen) atoms. The van der Waals surface area contributed by atoms with Crippen LogP contribution in [0.15, 0.2) is 42.5 Å². The highest BCUT2D eigenvalue weighted by Gasteiger charge is 2.25. The Labute approximate surface area is 180 Å². The van der Waals surface area contributed by atoms with Crippen molar-refractivity contribution in [1.29, 1.82) is 0 Å². The third kappa shape index (κ3) is 6.32. The second-order valence-corrected chi connectivity index (χ2v) is 6.73. The summed E-state index contributed by atoms with van der Waals surface area (Å²) in [5.74, 6) is -1.36. The minimum Gasteiger partial charge on any atom is -0.346 e. The summed E-state index contributed by atoms with van der Waals surface area (Å²) >= 11 is 0. The van der Waals surface area contributed by atoms with E-state index in [-0.39, 0.29) is 16.7 Å². The van der Waals surface area contributed by atoms with Gasteiger partial charge in [0.25, 0.3) is 6.08 Å². The average Bonchev–Trinajstić information content (AvgIpc) is 3.45. The van der Waals surface area contributed by atoms with Gasteiger partial charge < -0.3 is 18.9 Å². The fourth-order valence-corrected chi connectivity index (χ4v) is 3.26. The van der Waals surface area contributed by atoms with Crippen LogP contribution in [0, 0.1) is 11.6 Å². The zero-order valence-corrected chi connectivity index (χ0v) is 16.7. The standard InChI is InChI=1S/C11H11F3O2.C11H9F3O2/c2*12-9-3-1-2-7(8(9)6-10(13)14)11-15-4-5-16-11/h1-3,10-11H,4-6H2;1-3,6,11H,4-5H2. The minimum absolute atomic E-state index is 0.0237. The SMILES string of the molecule is FC(F)=Cc1c(F)cccc1C1OCCO1.Fc1cccc(C2OCCO2)c1CC(F)F. The third-order valence-electron chi connectivity index (χ3n) is 4.61. The van der Waals surface area contributed by atoms with Gasteiger partial charge in [-0.2, -0.15) is 8.78 Å². The van der Waals surface area contributed by atoms with Crippen LogP contribution in [-0.4, -0.2) is 32.9 Å². The monoisotopic (exact) mass is 462 g/mol. The van der Waals surface area contributed by atoms with Gasteiger partial charge in [0.1, 0.15) is 11.6 Å². The summed E-state index contributed by atoms with van der Waals surface area (Å²) in [5.41, 5.74) is 0.432. The highest BCUT2D eigenvalue weighted by molar-refractivity contribution is 5.55. The molecular weight excluding hydrogens is 442 g/mol. The smallest absolute Gasteiger partial charge is 0.271 e. The molecule has 0 saturated carbocycles. The third-order valence-corrected chi connectivity index (χ3v) is 4.61. The molecule has 0 N–H and O–H groups in total. The number of ether oxygens (including phenoxy) is 4. The number of hydrogen-bond acceptors (Lipinski definition) is 4. The van der Waals surface area contributed by atoms with E-state index in [2.05, 4.69) is 0 Å². The van der Waals surface area contributed by atoms with E-state index in [1.807, 2.05) is 0 Å². The largest absolute Gasteiger partial charge is 0.346 e. The van der Waals surface area contributed by atoms with Crippen LogP contribution < -0.4 is 0 Å². The zero-order valence-electron chi connectivity index (χ0n) is 16.7. The van der Waals surface area contributed by atoms with Gasteiger partial charge in [0.2, 0.25) is 6.43 Å². The molecule has 4 nitrogen and oxygen atoms in total. The molecule has 2 saturated heterocycles. The number of benzene rings is 2. The number of alkyl halides is 2. The Bertz CT molecular complexity index is 921. The summed E-state index contributed by atoms with van der Waals surface area (Å²) in [6.45, 7) is 1.55. The van der Waals surface area contributed by atoms with Gasteiger partial charge in [0.05, 0.1) is 26.4 Å². The van der Waals surface area contributed by atoms with Crippen LogP contribution in [0.25, 0.3) is 6.08 Å². The molecule has 174 valence electrons. The van der Waals surface area contributed by atoms with Crippen LogP contribution in [-0.2, 0) is 25.4 Å². The lowest BCUT2D eigenvalue weighted by Crippen LogP contribution is -2.08. The van der Waals surface area contributed by atoms with Gasteiger partial charge in [-0.1, -0.05) is 24.3 Å². The fourth-order valence-electron chi connectivity index (χ4n) is 3.26. The zero-order chi connectivity index (χ0) is 23.1. The van der Waals surface area contributed by atoms with Crippen LogP contribution in [0.4, 0.5) is 26.3 Å². The van der Waals surface area contributed by atoms with Gasteiger partial charge >= 0.3 is 0 Å². The predicted molar refractivity (Wildman–Crippen MR) is 102 cm³/mol. The molecule has 2 aromatic rings. The van der Waals surface area contributed by atoms with Gasteiger partial charge in [0.15, 0.2) is 12.6 Å². The van der Waals surface area contributed by atoms with Crippen molar-refractivity contribution >= 4 is 6.08 Å². The van der Waals surface area contributed by atoms with Crippen LogP contribution in [0.5, 0.6) is 0 Å². The Morgan fingerprint density at radius 3 is 1.84 bits per heavy atom. The molecule has 0 radical (unpaired) electrons. The Balaban J connectivity index is 0.000000181. The van der Waals surface area contributed by atoms with Crippen molar-refractivity contribution < 1.29 is 45.3 Å². The number of halogens is 6. The van der Waals surface area contributed by atoms with Crippen molar-refractivity contribution in [2.75, 3.05) is 26.4 Å². The highest BCUT2D eigenvalue weighted by atomic mass is 19.3. The van der Waals surface area contributed by atoms with Gasteiger partial charge in [0, 0.05) is 34.8 Å². The Hall–Kier alpha value is -2.40. The lowest BCUT2D eigenvalue weighted by molar-refractivity contribution is -0.0453. The molecule has 0 amide bonds. The van der Waals surface area contributed by atoms with Crippen molar-refractivity contribution in [1.82, 2.24) is 0 Å². The van der Waals surface area contributed by atoms with Crippen molar-refractivity contribution in [3.05, 3.63) is 76.4 Å². The van der Waals surface area contributed by atoms with Crippen LogP contribution in [0.1, 0.15) is 34.8 Å². The molecule has 0 aromatic heterocycles. The maximum Gasteiger partial charge on any atom is 0.271 e. The molecule has 2 fully saturated rings. The minimum atomic E-state index is -2.59. The van der Waals surface area contributed by atoms with E-state index < -0.39 is 43.1 Å². The molecule has 2 aliphatic rings. The topological polar surface area (TPSA) is 36.9 Å².